The largest absolute Gasteiger partial charge is 0.328 e. The number of hydrogen-bond acceptors (Lipinski definition) is 3. The average molecular weight is 279 g/mol. The number of hydrogen-bond donors (Lipinski definition) is 0. The lowest BCUT2D eigenvalue weighted by Gasteiger charge is -2.09. The van der Waals surface area contributed by atoms with E-state index in [4.69, 9.17) is 0 Å². The summed E-state index contributed by atoms with van der Waals surface area (Å²) < 4.78 is 13.5. The second-order valence-electron chi connectivity index (χ2n) is 4.88. The van der Waals surface area contributed by atoms with Gasteiger partial charge in [-0.1, -0.05) is 6.92 Å². The molecule has 0 fully saturated rings. The van der Waals surface area contributed by atoms with Gasteiger partial charge >= 0.3 is 0 Å². The number of nitrogens with zero attached hydrogens (tertiary/aromatic N) is 3. The fraction of sp³-hybridized carbons (Fsp3) is 0.571. The normalized spacial score (nSPS) is 13.0. The molecule has 0 saturated carbocycles. The van der Waals surface area contributed by atoms with Crippen LogP contribution >= 0.6 is 0 Å². The van der Waals surface area contributed by atoms with Crippen LogP contribution in [0.1, 0.15) is 31.2 Å². The molecule has 0 amide bonds. The van der Waals surface area contributed by atoms with Gasteiger partial charge in [0.25, 0.3) is 0 Å². The van der Waals surface area contributed by atoms with E-state index in [2.05, 4.69) is 28.4 Å². The van der Waals surface area contributed by atoms with E-state index in [1.54, 1.807) is 6.26 Å². The van der Waals surface area contributed by atoms with Gasteiger partial charge in [-0.05, 0) is 25.3 Å². The fourth-order valence-corrected chi connectivity index (χ4v) is 2.92. The first-order valence-electron chi connectivity index (χ1n) is 6.73. The van der Waals surface area contributed by atoms with E-state index in [0.717, 1.165) is 48.5 Å². The molecule has 0 aromatic carbocycles. The molecule has 2 aromatic heterocycles. The smallest absolute Gasteiger partial charge is 0.109 e. The fourth-order valence-electron chi connectivity index (χ4n) is 2.39. The molecule has 2 heterocycles. The summed E-state index contributed by atoms with van der Waals surface area (Å²) in [4.78, 5) is 8.90. The highest BCUT2D eigenvalue weighted by Crippen LogP contribution is 2.20. The van der Waals surface area contributed by atoms with Gasteiger partial charge in [-0.2, -0.15) is 0 Å². The summed E-state index contributed by atoms with van der Waals surface area (Å²) in [5.74, 6) is 1.87. The predicted octanol–water partition coefficient (Wildman–Crippen LogP) is 2.46. The van der Waals surface area contributed by atoms with Crippen molar-refractivity contribution < 1.29 is 4.21 Å². The average Bonchev–Trinajstić information content (AvgIpc) is 2.69. The molecule has 1 unspecified atom stereocenters. The molecule has 0 aliphatic rings. The Morgan fingerprint density at radius 1 is 1.37 bits per heavy atom. The number of aromatic nitrogens is 3. The zero-order valence-corrected chi connectivity index (χ0v) is 12.7. The third kappa shape index (κ3) is 3.21. The molecule has 0 aliphatic heterocycles. The Kier molecular flexibility index (Phi) is 4.69. The van der Waals surface area contributed by atoms with Gasteiger partial charge in [-0.3, -0.25) is 9.19 Å². The van der Waals surface area contributed by atoms with E-state index in [9.17, 15) is 4.21 Å². The molecule has 0 radical (unpaired) electrons. The monoisotopic (exact) mass is 279 g/mol. The predicted molar refractivity (Wildman–Crippen MR) is 79.8 cm³/mol. The third-order valence-electron chi connectivity index (χ3n) is 3.20. The van der Waals surface area contributed by atoms with Gasteiger partial charge in [-0.15, -0.1) is 0 Å². The summed E-state index contributed by atoms with van der Waals surface area (Å²) in [6.45, 7) is 5.12. The standard InChI is InChI=1S/C14H21N3OS/c1-4-6-13-16-12-10-15-9-11(2)14(12)17(13)7-5-8-19(3)18/h9-10H,4-8H2,1-3H3. The van der Waals surface area contributed by atoms with Gasteiger partial charge in [0.05, 0.1) is 11.7 Å². The van der Waals surface area contributed by atoms with E-state index >= 15 is 0 Å². The molecule has 2 rings (SSSR count). The highest BCUT2D eigenvalue weighted by Gasteiger charge is 2.12. The number of fused-ring (bicyclic) bond motifs is 1. The summed E-state index contributed by atoms with van der Waals surface area (Å²) >= 11 is 0. The van der Waals surface area contributed by atoms with Crippen LogP contribution < -0.4 is 0 Å². The van der Waals surface area contributed by atoms with Crippen LogP contribution in [0.2, 0.25) is 0 Å². The first-order chi connectivity index (χ1) is 9.13. The molecular formula is C14H21N3OS. The van der Waals surface area contributed by atoms with Crippen molar-refractivity contribution >= 4 is 21.8 Å². The van der Waals surface area contributed by atoms with Crippen LogP contribution in [0.4, 0.5) is 0 Å². The van der Waals surface area contributed by atoms with Crippen molar-refractivity contribution in [3.05, 3.63) is 23.8 Å². The van der Waals surface area contributed by atoms with E-state index in [1.165, 1.54) is 5.52 Å². The zero-order chi connectivity index (χ0) is 13.8. The summed E-state index contributed by atoms with van der Waals surface area (Å²) in [5, 5.41) is 0. The quantitative estimate of drug-likeness (QED) is 0.816. The minimum atomic E-state index is -0.723. The molecule has 104 valence electrons. The lowest BCUT2D eigenvalue weighted by molar-refractivity contribution is 0.639. The van der Waals surface area contributed by atoms with Crippen molar-refractivity contribution in [1.82, 2.24) is 14.5 Å². The zero-order valence-electron chi connectivity index (χ0n) is 11.8. The number of pyridine rings is 1. The highest BCUT2D eigenvalue weighted by molar-refractivity contribution is 7.84. The molecule has 0 bridgehead atoms. The molecule has 0 aliphatic carbocycles. The second-order valence-corrected chi connectivity index (χ2v) is 6.44. The number of rotatable bonds is 6. The van der Waals surface area contributed by atoms with Crippen molar-refractivity contribution in [2.45, 2.75) is 39.7 Å². The first-order valence-corrected chi connectivity index (χ1v) is 8.46. The van der Waals surface area contributed by atoms with Gasteiger partial charge < -0.3 is 4.57 Å². The minimum absolute atomic E-state index is 0.723. The minimum Gasteiger partial charge on any atom is -0.328 e. The van der Waals surface area contributed by atoms with Crippen LogP contribution in [0.25, 0.3) is 11.0 Å². The van der Waals surface area contributed by atoms with Gasteiger partial charge in [-0.25, -0.2) is 4.98 Å². The van der Waals surface area contributed by atoms with Crippen molar-refractivity contribution in [3.8, 4) is 0 Å². The molecule has 19 heavy (non-hydrogen) atoms. The van der Waals surface area contributed by atoms with Crippen LogP contribution in [-0.4, -0.2) is 30.8 Å². The number of aryl methyl sites for hydroxylation is 3. The Morgan fingerprint density at radius 2 is 2.16 bits per heavy atom. The Labute approximate surface area is 116 Å². The lowest BCUT2D eigenvalue weighted by Crippen LogP contribution is -2.07. The van der Waals surface area contributed by atoms with Crippen LogP contribution in [-0.2, 0) is 23.8 Å². The maximum absolute atomic E-state index is 11.2. The van der Waals surface area contributed by atoms with Crippen LogP contribution in [0, 0.1) is 6.92 Å². The molecule has 4 nitrogen and oxygen atoms in total. The van der Waals surface area contributed by atoms with Crippen molar-refractivity contribution in [2.24, 2.45) is 0 Å². The molecule has 0 N–H and O–H groups in total. The summed E-state index contributed by atoms with van der Waals surface area (Å²) in [5.41, 5.74) is 3.31. The molecule has 5 heteroatoms. The maximum atomic E-state index is 11.2. The van der Waals surface area contributed by atoms with Crippen molar-refractivity contribution in [2.75, 3.05) is 12.0 Å². The van der Waals surface area contributed by atoms with Crippen molar-refractivity contribution in [3.63, 3.8) is 0 Å². The highest BCUT2D eigenvalue weighted by atomic mass is 32.2. The van der Waals surface area contributed by atoms with Crippen LogP contribution in [0.5, 0.6) is 0 Å². The van der Waals surface area contributed by atoms with Gasteiger partial charge in [0, 0.05) is 42.0 Å². The Bertz CT molecular complexity index is 592. The van der Waals surface area contributed by atoms with E-state index in [0.29, 0.717) is 0 Å². The SMILES string of the molecule is CCCc1nc2cncc(C)c2n1CCCS(C)=O. The summed E-state index contributed by atoms with van der Waals surface area (Å²) in [6.07, 6.45) is 8.45. The Morgan fingerprint density at radius 3 is 2.84 bits per heavy atom. The van der Waals surface area contributed by atoms with E-state index in [1.807, 2.05) is 12.4 Å². The first kappa shape index (κ1) is 14.2. The third-order valence-corrected chi connectivity index (χ3v) is 4.06. The summed E-state index contributed by atoms with van der Waals surface area (Å²) in [7, 11) is -0.723. The molecule has 0 saturated heterocycles. The topological polar surface area (TPSA) is 47.8 Å². The number of imidazole rings is 1. The van der Waals surface area contributed by atoms with E-state index < -0.39 is 10.8 Å². The van der Waals surface area contributed by atoms with Crippen molar-refractivity contribution in [1.29, 1.82) is 0 Å². The summed E-state index contributed by atoms with van der Waals surface area (Å²) in [6, 6.07) is 0. The van der Waals surface area contributed by atoms with Gasteiger partial charge in [0.1, 0.15) is 11.3 Å². The Balaban J connectivity index is 2.36. The van der Waals surface area contributed by atoms with Crippen LogP contribution in [0.3, 0.4) is 0 Å². The molecule has 1 atom stereocenters. The van der Waals surface area contributed by atoms with Crippen LogP contribution in [0.15, 0.2) is 12.4 Å². The van der Waals surface area contributed by atoms with Gasteiger partial charge in [0.2, 0.25) is 0 Å². The molecular weight excluding hydrogens is 258 g/mol. The second kappa shape index (κ2) is 6.28. The maximum Gasteiger partial charge on any atom is 0.109 e. The Hall–Kier alpha value is -1.23. The molecule has 2 aromatic rings. The van der Waals surface area contributed by atoms with E-state index in [-0.39, 0.29) is 0 Å². The lowest BCUT2D eigenvalue weighted by atomic mass is 10.2. The molecule has 0 spiro atoms. The van der Waals surface area contributed by atoms with Gasteiger partial charge in [0.15, 0.2) is 0 Å².